The average molecular weight is 831 g/mol. The van der Waals surface area contributed by atoms with E-state index in [0.29, 0.717) is 83.1 Å². The van der Waals surface area contributed by atoms with Gasteiger partial charge in [-0.25, -0.2) is 0 Å². The zero-order valence-corrected chi connectivity index (χ0v) is 34.9. The van der Waals surface area contributed by atoms with Crippen molar-refractivity contribution in [3.8, 4) is 69.3 Å². The normalized spacial score (nSPS) is 17.1. The van der Waals surface area contributed by atoms with E-state index in [1.54, 1.807) is 29.2 Å². The van der Waals surface area contributed by atoms with Crippen LogP contribution in [0.2, 0.25) is 0 Å². The van der Waals surface area contributed by atoms with Gasteiger partial charge in [-0.05, 0) is 124 Å². The Hall–Kier alpha value is -6.87. The Labute approximate surface area is 359 Å². The highest BCUT2D eigenvalue weighted by Gasteiger charge is 2.30. The smallest absolute Gasteiger partial charge is 0.258 e. The van der Waals surface area contributed by atoms with Gasteiger partial charge in [0.25, 0.3) is 11.8 Å². The number of nitriles is 2. The quantitative estimate of drug-likeness (QED) is 0.118. The summed E-state index contributed by atoms with van der Waals surface area (Å²) in [6.07, 6.45) is 4.99. The number of nitrogens with zero attached hydrogens (tertiary/aromatic N) is 7. The molecular formula is C48H46N8O6. The van der Waals surface area contributed by atoms with Crippen LogP contribution < -0.4 is 14.8 Å². The maximum atomic E-state index is 12.7. The first kappa shape index (κ1) is 40.5. The molecule has 4 aromatic carbocycles. The molecule has 3 atom stereocenters. The second-order valence-electron chi connectivity index (χ2n) is 16.5. The molecule has 9 rings (SSSR count). The molecule has 14 heteroatoms. The molecule has 2 N–H and O–H groups in total. The topological polar surface area (TPSA) is 196 Å². The van der Waals surface area contributed by atoms with Crippen molar-refractivity contribution in [2.75, 3.05) is 19.6 Å². The van der Waals surface area contributed by atoms with Gasteiger partial charge in [-0.15, -0.1) is 0 Å². The molecule has 0 radical (unpaired) electrons. The van der Waals surface area contributed by atoms with E-state index in [-0.39, 0.29) is 30.7 Å². The number of carbonyl (C=O) groups is 1. The number of aliphatic hydroxyl groups excluding tert-OH is 1. The Bertz CT molecular complexity index is 2740. The molecular weight excluding hydrogens is 785 g/mol. The maximum Gasteiger partial charge on any atom is 0.258 e. The number of aliphatic hydroxyl groups is 1. The number of rotatable bonds is 13. The number of aromatic nitrogens is 4. The van der Waals surface area contributed by atoms with Crippen molar-refractivity contribution in [2.24, 2.45) is 0 Å². The van der Waals surface area contributed by atoms with Crippen molar-refractivity contribution < 1.29 is 28.4 Å². The molecule has 314 valence electrons. The minimum Gasteiger partial charge on any atom is -0.490 e. The zero-order chi connectivity index (χ0) is 42.9. The van der Waals surface area contributed by atoms with E-state index in [2.05, 4.69) is 39.9 Å². The predicted molar refractivity (Wildman–Crippen MR) is 228 cm³/mol. The van der Waals surface area contributed by atoms with Crippen molar-refractivity contribution >= 4 is 5.91 Å². The van der Waals surface area contributed by atoms with Gasteiger partial charge in [0.2, 0.25) is 17.6 Å². The van der Waals surface area contributed by atoms with Crippen LogP contribution in [0.25, 0.3) is 45.7 Å². The number of amides is 1. The molecule has 2 aromatic heterocycles. The van der Waals surface area contributed by atoms with E-state index in [0.717, 1.165) is 54.4 Å². The van der Waals surface area contributed by atoms with Gasteiger partial charge in [-0.1, -0.05) is 40.6 Å². The number of fused-ring (bicyclic) bond motifs is 2. The van der Waals surface area contributed by atoms with E-state index >= 15 is 0 Å². The number of nitrogens with one attached hydrogen (secondary N) is 1. The Morgan fingerprint density at radius 2 is 1.50 bits per heavy atom. The summed E-state index contributed by atoms with van der Waals surface area (Å²) < 4.78 is 23.6. The standard InChI is InChI=1S/C48H46N8O6/c1-27(2)59-42-16-11-30(21-32(42)23-49)48-53-46(55-62-48)40-13-10-29(35-6-4-7-36(35)40)20-28(3)60-43-17-12-31(22-33(43)24-50)47-52-45(54-61-47)39-9-5-8-38-37(39)14-15-41(38)51-25-44(58)56-19-18-34(57)26-56/h5,8-13,16-17,21-22,27-28,34,41,51,57H,4,6-7,14-15,18-20,25-26H2,1-3H3. The third kappa shape index (κ3) is 8.15. The molecule has 6 aromatic rings. The lowest BCUT2D eigenvalue weighted by molar-refractivity contribution is -0.129. The summed E-state index contributed by atoms with van der Waals surface area (Å²) in [6, 6.07) is 25.3. The van der Waals surface area contributed by atoms with E-state index in [9.17, 15) is 20.4 Å². The number of hydrogen-bond donors (Lipinski definition) is 2. The number of likely N-dealkylation sites (tertiary alicyclic amines) is 1. The summed E-state index contributed by atoms with van der Waals surface area (Å²) in [7, 11) is 0. The highest BCUT2D eigenvalue weighted by atomic mass is 16.5. The van der Waals surface area contributed by atoms with Gasteiger partial charge in [0.1, 0.15) is 23.6 Å². The highest BCUT2D eigenvalue weighted by Crippen LogP contribution is 2.39. The summed E-state index contributed by atoms with van der Waals surface area (Å²) in [4.78, 5) is 23.9. The van der Waals surface area contributed by atoms with Gasteiger partial charge >= 0.3 is 0 Å². The third-order valence-corrected chi connectivity index (χ3v) is 11.9. The van der Waals surface area contributed by atoms with Crippen LogP contribution in [0.1, 0.15) is 85.0 Å². The molecule has 1 saturated heterocycles. The largest absolute Gasteiger partial charge is 0.490 e. The number of β-amino-alcohol motifs (C(OH)–C–C–N with tert-alkyl or cyclic N) is 1. The fourth-order valence-electron chi connectivity index (χ4n) is 8.98. The number of ether oxygens (including phenoxy) is 2. The Morgan fingerprint density at radius 1 is 0.839 bits per heavy atom. The first-order valence-electron chi connectivity index (χ1n) is 21.2. The summed E-state index contributed by atoms with van der Waals surface area (Å²) in [6.45, 7) is 7.02. The van der Waals surface area contributed by atoms with Crippen LogP contribution in [0.15, 0.2) is 75.8 Å². The third-order valence-electron chi connectivity index (χ3n) is 11.9. The predicted octanol–water partition coefficient (Wildman–Crippen LogP) is 7.32. The fourth-order valence-corrected chi connectivity index (χ4v) is 8.98. The molecule has 3 aliphatic rings. The van der Waals surface area contributed by atoms with Crippen LogP contribution >= 0.6 is 0 Å². The van der Waals surface area contributed by atoms with E-state index in [1.807, 2.05) is 51.1 Å². The van der Waals surface area contributed by atoms with Gasteiger partial charge < -0.3 is 33.8 Å². The lowest BCUT2D eigenvalue weighted by Crippen LogP contribution is -2.38. The first-order chi connectivity index (χ1) is 30.1. The van der Waals surface area contributed by atoms with E-state index in [4.69, 9.17) is 28.5 Å². The number of hydrogen-bond acceptors (Lipinski definition) is 13. The molecule has 3 unspecified atom stereocenters. The summed E-state index contributed by atoms with van der Waals surface area (Å²) >= 11 is 0. The summed E-state index contributed by atoms with van der Waals surface area (Å²) in [5, 5.41) is 41.8. The van der Waals surface area contributed by atoms with E-state index < -0.39 is 6.10 Å². The molecule has 0 spiro atoms. The second-order valence-corrected chi connectivity index (χ2v) is 16.5. The molecule has 3 heterocycles. The zero-order valence-electron chi connectivity index (χ0n) is 34.9. The molecule has 62 heavy (non-hydrogen) atoms. The minimum atomic E-state index is -0.442. The van der Waals surface area contributed by atoms with Crippen molar-refractivity contribution in [1.82, 2.24) is 30.5 Å². The Kier molecular flexibility index (Phi) is 11.3. The summed E-state index contributed by atoms with van der Waals surface area (Å²) in [5.41, 5.74) is 9.69. The van der Waals surface area contributed by atoms with Crippen LogP contribution in [-0.2, 0) is 30.5 Å². The molecule has 1 fully saturated rings. The molecule has 1 amide bonds. The lowest BCUT2D eigenvalue weighted by Gasteiger charge is -2.19. The second kappa shape index (κ2) is 17.2. The first-order valence-corrected chi connectivity index (χ1v) is 21.2. The molecule has 1 aliphatic heterocycles. The van der Waals surface area contributed by atoms with Gasteiger partial charge in [-0.3, -0.25) is 4.79 Å². The Balaban J connectivity index is 0.862. The van der Waals surface area contributed by atoms with Gasteiger partial charge in [-0.2, -0.15) is 20.5 Å². The van der Waals surface area contributed by atoms with Crippen LogP contribution in [0.3, 0.4) is 0 Å². The van der Waals surface area contributed by atoms with Crippen molar-refractivity contribution in [2.45, 2.75) is 90.1 Å². The van der Waals surface area contributed by atoms with E-state index in [1.165, 1.54) is 16.7 Å². The number of carbonyl (C=O) groups excluding carboxylic acids is 1. The van der Waals surface area contributed by atoms with Gasteiger partial charge in [0, 0.05) is 47.8 Å². The van der Waals surface area contributed by atoms with Crippen LogP contribution in [0, 0.1) is 22.7 Å². The average Bonchev–Trinajstić information content (AvgIpc) is 4.14. The SMILES string of the molecule is CC(C)Oc1ccc(-c2nc(-c3ccc(CC(C)Oc4ccc(-c5nc(-c6cccc7c6CCC7NCC(=O)N6CCC(O)C6)no5)cc4C#N)c4c3CCC4)no2)cc1C#N. The van der Waals surface area contributed by atoms with Crippen LogP contribution in [0.4, 0.5) is 0 Å². The van der Waals surface area contributed by atoms with Crippen LogP contribution in [-0.4, -0.2) is 74.1 Å². The van der Waals surface area contributed by atoms with Crippen LogP contribution in [0.5, 0.6) is 11.5 Å². The fraction of sp³-hybridized carbons (Fsp3) is 0.354. The minimum absolute atomic E-state index is 0.00287. The Morgan fingerprint density at radius 3 is 2.15 bits per heavy atom. The number of benzene rings is 4. The van der Waals surface area contributed by atoms with Crippen molar-refractivity contribution in [1.29, 1.82) is 10.5 Å². The van der Waals surface area contributed by atoms with Gasteiger partial charge in [0.05, 0.1) is 36.0 Å². The van der Waals surface area contributed by atoms with Gasteiger partial charge in [0.15, 0.2) is 0 Å². The molecule has 2 aliphatic carbocycles. The lowest BCUT2D eigenvalue weighted by atomic mass is 9.94. The van der Waals surface area contributed by atoms with Crippen molar-refractivity contribution in [3.63, 3.8) is 0 Å². The maximum absolute atomic E-state index is 12.7. The highest BCUT2D eigenvalue weighted by molar-refractivity contribution is 5.79. The molecule has 14 nitrogen and oxygen atoms in total. The van der Waals surface area contributed by atoms with Crippen molar-refractivity contribution in [3.05, 3.63) is 106 Å². The molecule has 0 bridgehead atoms. The molecule has 0 saturated carbocycles. The summed E-state index contributed by atoms with van der Waals surface area (Å²) in [5.74, 6) is 2.57. The monoisotopic (exact) mass is 830 g/mol.